The van der Waals surface area contributed by atoms with Crippen molar-refractivity contribution in [3.05, 3.63) is 18.2 Å². The zero-order valence-electron chi connectivity index (χ0n) is 13.3. The molecule has 0 aliphatic carbocycles. The van der Waals surface area contributed by atoms with Gasteiger partial charge in [0.1, 0.15) is 5.75 Å². The van der Waals surface area contributed by atoms with Crippen LogP contribution in [0, 0.1) is 0 Å². The highest BCUT2D eigenvalue weighted by atomic mass is 16.5. The summed E-state index contributed by atoms with van der Waals surface area (Å²) in [5.41, 5.74) is 7.69. The van der Waals surface area contributed by atoms with E-state index in [4.69, 9.17) is 10.5 Å². The molecule has 3 N–H and O–H groups in total. The van der Waals surface area contributed by atoms with Crippen LogP contribution in [0.2, 0.25) is 0 Å². The van der Waals surface area contributed by atoms with E-state index < -0.39 is 0 Å². The summed E-state index contributed by atoms with van der Waals surface area (Å²) >= 11 is 0. The molecule has 114 valence electrons. The van der Waals surface area contributed by atoms with Gasteiger partial charge in [-0.25, -0.2) is 0 Å². The lowest BCUT2D eigenvalue weighted by Gasteiger charge is -2.24. The van der Waals surface area contributed by atoms with E-state index >= 15 is 0 Å². The van der Waals surface area contributed by atoms with Gasteiger partial charge < -0.3 is 20.7 Å². The van der Waals surface area contributed by atoms with Gasteiger partial charge in [-0.15, -0.1) is 0 Å². The van der Waals surface area contributed by atoms with E-state index in [0.29, 0.717) is 6.04 Å². The summed E-state index contributed by atoms with van der Waals surface area (Å²) in [4.78, 5) is 2.40. The maximum absolute atomic E-state index is 5.93. The first-order valence-corrected chi connectivity index (χ1v) is 7.61. The van der Waals surface area contributed by atoms with Crippen LogP contribution in [0.5, 0.6) is 5.75 Å². The fourth-order valence-corrected chi connectivity index (χ4v) is 2.21. The third-order valence-corrected chi connectivity index (χ3v) is 3.24. The highest BCUT2D eigenvalue weighted by molar-refractivity contribution is 5.59. The highest BCUT2D eigenvalue weighted by Crippen LogP contribution is 2.23. The van der Waals surface area contributed by atoms with E-state index in [9.17, 15) is 0 Å². The van der Waals surface area contributed by atoms with Gasteiger partial charge in [0, 0.05) is 36.1 Å². The molecule has 0 heterocycles. The van der Waals surface area contributed by atoms with Crippen LogP contribution in [0.1, 0.15) is 34.1 Å². The van der Waals surface area contributed by atoms with Crippen LogP contribution < -0.4 is 15.8 Å². The van der Waals surface area contributed by atoms with E-state index in [1.165, 1.54) is 0 Å². The molecule has 0 spiro atoms. The first-order chi connectivity index (χ1) is 9.58. The molecule has 0 saturated carbocycles. The van der Waals surface area contributed by atoms with Crippen LogP contribution in [-0.2, 0) is 0 Å². The molecule has 4 nitrogen and oxygen atoms in total. The topological polar surface area (TPSA) is 50.5 Å². The fourth-order valence-electron chi connectivity index (χ4n) is 2.21. The van der Waals surface area contributed by atoms with Crippen LogP contribution in [0.15, 0.2) is 18.2 Å². The summed E-state index contributed by atoms with van der Waals surface area (Å²) in [6, 6.07) is 6.22. The maximum atomic E-state index is 5.93. The molecule has 0 aliphatic rings. The van der Waals surface area contributed by atoms with Crippen molar-refractivity contribution < 1.29 is 4.74 Å². The smallest absolute Gasteiger partial charge is 0.123 e. The largest absolute Gasteiger partial charge is 0.493 e. The summed E-state index contributed by atoms with van der Waals surface area (Å²) in [5, 5.41) is 3.50. The van der Waals surface area contributed by atoms with Crippen molar-refractivity contribution in [1.82, 2.24) is 4.90 Å². The average molecular weight is 279 g/mol. The Hall–Kier alpha value is -1.42. The Bertz CT molecular complexity index is 391. The van der Waals surface area contributed by atoms with Crippen molar-refractivity contribution in [2.24, 2.45) is 0 Å². The molecular formula is C16H29N3O. The SMILES string of the molecule is CCCOc1cc(N)cc(NC(C)CN(CC)CC)c1. The molecule has 0 aromatic heterocycles. The van der Waals surface area contributed by atoms with E-state index in [1.54, 1.807) is 0 Å². The van der Waals surface area contributed by atoms with E-state index in [0.717, 1.165) is 49.8 Å². The first kappa shape index (κ1) is 16.6. The zero-order valence-corrected chi connectivity index (χ0v) is 13.3. The number of hydrogen-bond acceptors (Lipinski definition) is 4. The molecule has 1 aromatic carbocycles. The number of benzene rings is 1. The fraction of sp³-hybridized carbons (Fsp3) is 0.625. The minimum atomic E-state index is 0.371. The van der Waals surface area contributed by atoms with Gasteiger partial charge in [-0.2, -0.15) is 0 Å². The Kier molecular flexibility index (Phi) is 7.23. The summed E-state index contributed by atoms with van der Waals surface area (Å²) in [5.74, 6) is 0.837. The Labute approximate surface area is 123 Å². The average Bonchev–Trinajstić information content (AvgIpc) is 2.41. The Morgan fingerprint density at radius 2 is 1.90 bits per heavy atom. The van der Waals surface area contributed by atoms with Crippen molar-refractivity contribution >= 4 is 11.4 Å². The van der Waals surface area contributed by atoms with Crippen LogP contribution in [0.3, 0.4) is 0 Å². The molecule has 0 bridgehead atoms. The van der Waals surface area contributed by atoms with Crippen molar-refractivity contribution in [3.63, 3.8) is 0 Å². The monoisotopic (exact) mass is 279 g/mol. The number of nitrogens with zero attached hydrogens (tertiary/aromatic N) is 1. The van der Waals surface area contributed by atoms with E-state index in [2.05, 4.69) is 37.9 Å². The standard InChI is InChI=1S/C16H29N3O/c1-5-8-20-16-10-14(17)9-15(11-16)18-13(4)12-19(6-2)7-3/h9-11,13,18H,5-8,12,17H2,1-4H3. The van der Waals surface area contributed by atoms with E-state index in [1.807, 2.05) is 18.2 Å². The lowest BCUT2D eigenvalue weighted by Crippen LogP contribution is -2.34. The van der Waals surface area contributed by atoms with Gasteiger partial charge in [0.15, 0.2) is 0 Å². The Morgan fingerprint density at radius 1 is 1.20 bits per heavy atom. The summed E-state index contributed by atoms with van der Waals surface area (Å²) < 4.78 is 5.65. The van der Waals surface area contributed by atoms with Crippen LogP contribution in [0.25, 0.3) is 0 Å². The number of nitrogens with one attached hydrogen (secondary N) is 1. The predicted molar refractivity (Wildman–Crippen MR) is 87.5 cm³/mol. The molecule has 0 saturated heterocycles. The number of hydrogen-bond donors (Lipinski definition) is 2. The number of rotatable bonds is 9. The molecule has 1 aromatic rings. The van der Waals surface area contributed by atoms with Gasteiger partial charge >= 0.3 is 0 Å². The number of likely N-dealkylation sites (N-methyl/N-ethyl adjacent to an activating group) is 1. The maximum Gasteiger partial charge on any atom is 0.123 e. The molecule has 0 aliphatic heterocycles. The van der Waals surface area contributed by atoms with Gasteiger partial charge in [-0.05, 0) is 32.5 Å². The predicted octanol–water partition coefficient (Wildman–Crippen LogP) is 3.20. The highest BCUT2D eigenvalue weighted by Gasteiger charge is 2.08. The summed E-state index contributed by atoms with van der Waals surface area (Å²) in [7, 11) is 0. The Morgan fingerprint density at radius 3 is 2.50 bits per heavy atom. The van der Waals surface area contributed by atoms with Crippen LogP contribution >= 0.6 is 0 Å². The number of nitrogens with two attached hydrogens (primary N) is 1. The lowest BCUT2D eigenvalue weighted by molar-refractivity contribution is 0.294. The van der Waals surface area contributed by atoms with Gasteiger partial charge in [0.2, 0.25) is 0 Å². The van der Waals surface area contributed by atoms with Gasteiger partial charge in [0.25, 0.3) is 0 Å². The second-order valence-corrected chi connectivity index (χ2v) is 5.17. The first-order valence-electron chi connectivity index (χ1n) is 7.61. The number of ether oxygens (including phenoxy) is 1. The van der Waals surface area contributed by atoms with Crippen molar-refractivity contribution in [3.8, 4) is 5.75 Å². The summed E-state index contributed by atoms with van der Waals surface area (Å²) in [6.45, 7) is 12.5. The van der Waals surface area contributed by atoms with Crippen LogP contribution in [-0.4, -0.2) is 37.2 Å². The normalized spacial score (nSPS) is 12.4. The second kappa shape index (κ2) is 8.69. The zero-order chi connectivity index (χ0) is 15.0. The van der Waals surface area contributed by atoms with Gasteiger partial charge in [0.05, 0.1) is 6.61 Å². The molecule has 4 heteroatoms. The van der Waals surface area contributed by atoms with Crippen molar-refractivity contribution in [2.45, 2.75) is 40.2 Å². The third kappa shape index (κ3) is 5.70. The van der Waals surface area contributed by atoms with E-state index in [-0.39, 0.29) is 0 Å². The third-order valence-electron chi connectivity index (χ3n) is 3.24. The van der Waals surface area contributed by atoms with Crippen molar-refractivity contribution in [1.29, 1.82) is 0 Å². The van der Waals surface area contributed by atoms with Crippen molar-refractivity contribution in [2.75, 3.05) is 37.3 Å². The number of anilines is 2. The second-order valence-electron chi connectivity index (χ2n) is 5.17. The lowest BCUT2D eigenvalue weighted by atomic mass is 10.2. The summed E-state index contributed by atoms with van der Waals surface area (Å²) in [6.07, 6.45) is 0.996. The van der Waals surface area contributed by atoms with Gasteiger partial charge in [-0.3, -0.25) is 0 Å². The molecular weight excluding hydrogens is 250 g/mol. The minimum Gasteiger partial charge on any atom is -0.493 e. The Balaban J connectivity index is 2.64. The molecule has 1 atom stereocenters. The molecule has 0 amide bonds. The number of nitrogen functional groups attached to an aromatic ring is 1. The molecule has 1 unspecified atom stereocenters. The molecule has 0 radical (unpaired) electrons. The van der Waals surface area contributed by atoms with Crippen LogP contribution in [0.4, 0.5) is 11.4 Å². The quantitative estimate of drug-likeness (QED) is 0.682. The molecule has 0 fully saturated rings. The molecule has 20 heavy (non-hydrogen) atoms. The molecule has 1 rings (SSSR count). The minimum absolute atomic E-state index is 0.371. The van der Waals surface area contributed by atoms with Gasteiger partial charge in [-0.1, -0.05) is 20.8 Å².